The number of hydrogen-bond donors (Lipinski definition) is 1. The fraction of sp³-hybridized carbons (Fsp3) is 0.647. The maximum Gasteiger partial charge on any atom is 0.0465 e. The van der Waals surface area contributed by atoms with Gasteiger partial charge < -0.3 is 10.1 Å². The van der Waals surface area contributed by atoms with Crippen LogP contribution in [0.15, 0.2) is 28.7 Å². The van der Waals surface area contributed by atoms with Gasteiger partial charge in [-0.1, -0.05) is 41.1 Å². The first-order valence-corrected chi connectivity index (χ1v) is 8.13. The van der Waals surface area contributed by atoms with Crippen LogP contribution in [0.2, 0.25) is 0 Å². The number of nitrogens with one attached hydrogen (secondary N) is 1. The Bertz CT molecular complexity index is 400. The van der Waals surface area contributed by atoms with E-state index < -0.39 is 0 Å². The maximum absolute atomic E-state index is 5.24. The number of rotatable bonds is 7. The van der Waals surface area contributed by atoms with Gasteiger partial charge in [0.1, 0.15) is 0 Å². The summed E-state index contributed by atoms with van der Waals surface area (Å²) in [6.07, 6.45) is 1.08. The van der Waals surface area contributed by atoms with Crippen molar-refractivity contribution in [2.24, 2.45) is 5.92 Å². The molecule has 1 aromatic rings. The minimum absolute atomic E-state index is 0.139. The first kappa shape index (κ1) is 17.7. The van der Waals surface area contributed by atoms with Crippen molar-refractivity contribution in [3.05, 3.63) is 34.3 Å². The molecule has 0 spiro atoms. The van der Waals surface area contributed by atoms with E-state index in [4.69, 9.17) is 4.74 Å². The highest BCUT2D eigenvalue weighted by atomic mass is 79.9. The summed E-state index contributed by atoms with van der Waals surface area (Å²) in [7, 11) is 1.77. The summed E-state index contributed by atoms with van der Waals surface area (Å²) in [6, 6.07) is 8.54. The Morgan fingerprint density at radius 3 is 2.45 bits per heavy atom. The van der Waals surface area contributed by atoms with Crippen molar-refractivity contribution in [1.82, 2.24) is 5.32 Å². The summed E-state index contributed by atoms with van der Waals surface area (Å²) in [6.45, 7) is 10.7. The van der Waals surface area contributed by atoms with Gasteiger partial charge in [0.05, 0.1) is 0 Å². The predicted octanol–water partition coefficient (Wildman–Crippen LogP) is 4.59. The first-order chi connectivity index (χ1) is 9.35. The molecule has 0 aromatic heterocycles. The van der Waals surface area contributed by atoms with E-state index in [0.717, 1.165) is 19.6 Å². The molecular weight excluding hydrogens is 314 g/mol. The van der Waals surface area contributed by atoms with E-state index >= 15 is 0 Å². The second-order valence-electron chi connectivity index (χ2n) is 6.52. The molecule has 0 bridgehead atoms. The normalized spacial score (nSPS) is 15.1. The summed E-state index contributed by atoms with van der Waals surface area (Å²) in [4.78, 5) is 0. The lowest BCUT2D eigenvalue weighted by Crippen LogP contribution is -2.40. The Labute approximate surface area is 132 Å². The van der Waals surface area contributed by atoms with Crippen LogP contribution in [0.5, 0.6) is 0 Å². The molecule has 1 aromatic carbocycles. The van der Waals surface area contributed by atoms with Gasteiger partial charge in [-0.05, 0) is 44.7 Å². The van der Waals surface area contributed by atoms with E-state index in [9.17, 15) is 0 Å². The summed E-state index contributed by atoms with van der Waals surface area (Å²) in [5, 5.41) is 3.64. The van der Waals surface area contributed by atoms with E-state index in [-0.39, 0.29) is 5.54 Å². The zero-order valence-electron chi connectivity index (χ0n) is 13.4. The average molecular weight is 342 g/mol. The van der Waals surface area contributed by atoms with Crippen LogP contribution in [-0.4, -0.2) is 25.8 Å². The molecule has 1 rings (SSSR count). The fourth-order valence-corrected chi connectivity index (χ4v) is 2.89. The van der Waals surface area contributed by atoms with Crippen molar-refractivity contribution in [3.63, 3.8) is 0 Å². The lowest BCUT2D eigenvalue weighted by Gasteiger charge is -2.30. The standard InChI is InChI=1S/C17H28BrNO/c1-13(10-11-20-5)15(12-19-17(2,3)4)14-8-6-7-9-16(14)18/h6-9,13,15,19H,10-12H2,1-5H3. The van der Waals surface area contributed by atoms with Gasteiger partial charge in [-0.2, -0.15) is 0 Å². The second-order valence-corrected chi connectivity index (χ2v) is 7.37. The van der Waals surface area contributed by atoms with E-state index in [1.54, 1.807) is 7.11 Å². The topological polar surface area (TPSA) is 21.3 Å². The third-order valence-corrected chi connectivity index (χ3v) is 4.34. The second kappa shape index (κ2) is 8.16. The van der Waals surface area contributed by atoms with Crippen LogP contribution in [-0.2, 0) is 4.74 Å². The minimum Gasteiger partial charge on any atom is -0.385 e. The van der Waals surface area contributed by atoms with Crippen molar-refractivity contribution in [1.29, 1.82) is 0 Å². The largest absolute Gasteiger partial charge is 0.385 e. The molecule has 3 heteroatoms. The van der Waals surface area contributed by atoms with Crippen molar-refractivity contribution in [3.8, 4) is 0 Å². The third-order valence-electron chi connectivity index (χ3n) is 3.62. The smallest absolute Gasteiger partial charge is 0.0465 e. The van der Waals surface area contributed by atoms with E-state index in [1.165, 1.54) is 10.0 Å². The molecular formula is C17H28BrNO. The molecule has 2 atom stereocenters. The van der Waals surface area contributed by atoms with Gasteiger partial charge in [0.15, 0.2) is 0 Å². The molecule has 114 valence electrons. The molecule has 0 saturated carbocycles. The summed E-state index contributed by atoms with van der Waals surface area (Å²) >= 11 is 3.69. The van der Waals surface area contributed by atoms with Crippen LogP contribution in [0.25, 0.3) is 0 Å². The monoisotopic (exact) mass is 341 g/mol. The highest BCUT2D eigenvalue weighted by molar-refractivity contribution is 9.10. The first-order valence-electron chi connectivity index (χ1n) is 7.33. The molecule has 0 fully saturated rings. The lowest BCUT2D eigenvalue weighted by molar-refractivity contribution is 0.172. The van der Waals surface area contributed by atoms with Crippen LogP contribution in [0, 0.1) is 5.92 Å². The number of halogens is 1. The van der Waals surface area contributed by atoms with Crippen molar-refractivity contribution in [2.45, 2.75) is 45.6 Å². The van der Waals surface area contributed by atoms with E-state index in [2.05, 4.69) is 73.2 Å². The third kappa shape index (κ3) is 5.94. The molecule has 20 heavy (non-hydrogen) atoms. The zero-order valence-corrected chi connectivity index (χ0v) is 15.0. The maximum atomic E-state index is 5.24. The minimum atomic E-state index is 0.139. The predicted molar refractivity (Wildman–Crippen MR) is 90.3 cm³/mol. The summed E-state index contributed by atoms with van der Waals surface area (Å²) in [5.41, 5.74) is 1.52. The van der Waals surface area contributed by atoms with Gasteiger partial charge in [0, 0.05) is 36.2 Å². The van der Waals surface area contributed by atoms with Crippen molar-refractivity contribution in [2.75, 3.05) is 20.3 Å². The summed E-state index contributed by atoms with van der Waals surface area (Å²) in [5.74, 6) is 1.06. The van der Waals surface area contributed by atoms with Gasteiger partial charge >= 0.3 is 0 Å². The van der Waals surface area contributed by atoms with E-state index in [1.807, 2.05) is 0 Å². The van der Waals surface area contributed by atoms with Gasteiger partial charge in [-0.25, -0.2) is 0 Å². The average Bonchev–Trinajstić information content (AvgIpc) is 2.37. The lowest BCUT2D eigenvalue weighted by atomic mass is 9.84. The van der Waals surface area contributed by atoms with Crippen LogP contribution < -0.4 is 5.32 Å². The zero-order chi connectivity index (χ0) is 15.2. The van der Waals surface area contributed by atoms with Gasteiger partial charge in [-0.3, -0.25) is 0 Å². The number of methoxy groups -OCH3 is 1. The number of hydrogen-bond acceptors (Lipinski definition) is 2. The van der Waals surface area contributed by atoms with Gasteiger partial charge in [0.2, 0.25) is 0 Å². The van der Waals surface area contributed by atoms with Crippen LogP contribution in [0.1, 0.15) is 45.6 Å². The van der Waals surface area contributed by atoms with Crippen molar-refractivity contribution < 1.29 is 4.74 Å². The molecule has 0 aliphatic carbocycles. The number of benzene rings is 1. The molecule has 0 radical (unpaired) electrons. The van der Waals surface area contributed by atoms with E-state index in [0.29, 0.717) is 11.8 Å². The Kier molecular flexibility index (Phi) is 7.21. The molecule has 2 unspecified atom stereocenters. The molecule has 1 N–H and O–H groups in total. The van der Waals surface area contributed by atoms with Crippen LogP contribution >= 0.6 is 15.9 Å². The summed E-state index contributed by atoms with van der Waals surface area (Å²) < 4.78 is 6.44. The Morgan fingerprint density at radius 1 is 1.25 bits per heavy atom. The molecule has 0 amide bonds. The highest BCUT2D eigenvalue weighted by Crippen LogP contribution is 2.32. The Morgan fingerprint density at radius 2 is 1.90 bits per heavy atom. The van der Waals surface area contributed by atoms with Gasteiger partial charge in [0.25, 0.3) is 0 Å². The van der Waals surface area contributed by atoms with Crippen molar-refractivity contribution >= 4 is 15.9 Å². The Hall–Kier alpha value is -0.380. The molecule has 2 nitrogen and oxygen atoms in total. The number of ether oxygens (including phenoxy) is 1. The van der Waals surface area contributed by atoms with Crippen LogP contribution in [0.3, 0.4) is 0 Å². The molecule has 0 aliphatic heterocycles. The fourth-order valence-electron chi connectivity index (χ4n) is 2.31. The molecule has 0 saturated heterocycles. The molecule has 0 aliphatic rings. The Balaban J connectivity index is 2.86. The SMILES string of the molecule is COCCC(C)C(CNC(C)(C)C)c1ccccc1Br. The quantitative estimate of drug-likeness (QED) is 0.782. The molecule has 0 heterocycles. The van der Waals surface area contributed by atoms with Crippen LogP contribution in [0.4, 0.5) is 0 Å². The van der Waals surface area contributed by atoms with Gasteiger partial charge in [-0.15, -0.1) is 0 Å². The highest BCUT2D eigenvalue weighted by Gasteiger charge is 2.23.